The Balaban J connectivity index is 2.33. The largest absolute Gasteiger partial charge is 0.385 e. The van der Waals surface area contributed by atoms with Crippen molar-refractivity contribution in [2.45, 2.75) is 38.8 Å². The maximum atomic E-state index is 5.08. The summed E-state index contributed by atoms with van der Waals surface area (Å²) < 4.78 is 5.08. The lowest BCUT2D eigenvalue weighted by Gasteiger charge is -2.43. The van der Waals surface area contributed by atoms with E-state index in [2.05, 4.69) is 31.0 Å². The smallest absolute Gasteiger partial charge is 0.0474 e. The van der Waals surface area contributed by atoms with Crippen molar-refractivity contribution < 1.29 is 4.74 Å². The fraction of sp³-hybridized carbons (Fsp3) is 1.00. The van der Waals surface area contributed by atoms with E-state index in [-0.39, 0.29) is 5.54 Å². The zero-order valence-corrected chi connectivity index (χ0v) is 9.97. The first kappa shape index (κ1) is 12.0. The van der Waals surface area contributed by atoms with E-state index in [1.807, 2.05) is 0 Å². The summed E-state index contributed by atoms with van der Waals surface area (Å²) >= 11 is 0. The maximum absolute atomic E-state index is 5.08. The van der Waals surface area contributed by atoms with E-state index in [4.69, 9.17) is 4.74 Å². The average molecular weight is 200 g/mol. The van der Waals surface area contributed by atoms with Gasteiger partial charge in [-0.05, 0) is 27.2 Å². The van der Waals surface area contributed by atoms with Gasteiger partial charge in [0.05, 0.1) is 0 Å². The predicted molar refractivity (Wildman–Crippen MR) is 59.6 cm³/mol. The van der Waals surface area contributed by atoms with Crippen LogP contribution < -0.4 is 5.32 Å². The van der Waals surface area contributed by atoms with E-state index >= 15 is 0 Å². The van der Waals surface area contributed by atoms with E-state index in [0.717, 1.165) is 32.7 Å². The Kier molecular flexibility index (Phi) is 4.35. The molecule has 1 aliphatic heterocycles. The first-order valence-corrected chi connectivity index (χ1v) is 5.53. The van der Waals surface area contributed by atoms with Crippen LogP contribution in [0.15, 0.2) is 0 Å². The van der Waals surface area contributed by atoms with Crippen LogP contribution in [0.5, 0.6) is 0 Å². The minimum atomic E-state index is 0.263. The summed E-state index contributed by atoms with van der Waals surface area (Å²) in [5.41, 5.74) is 0.263. The molecular weight excluding hydrogens is 176 g/mol. The predicted octanol–water partition coefficient (Wildman–Crippen LogP) is 1.10. The number of piperazine rings is 1. The van der Waals surface area contributed by atoms with Gasteiger partial charge in [-0.15, -0.1) is 0 Å². The molecular formula is C11H24N2O. The number of hydrogen-bond donors (Lipinski definition) is 1. The average Bonchev–Trinajstić information content (AvgIpc) is 2.11. The molecule has 0 amide bonds. The van der Waals surface area contributed by atoms with Gasteiger partial charge in [-0.1, -0.05) is 0 Å². The fourth-order valence-corrected chi connectivity index (χ4v) is 1.98. The maximum Gasteiger partial charge on any atom is 0.0474 e. The zero-order valence-electron chi connectivity index (χ0n) is 9.97. The van der Waals surface area contributed by atoms with Crippen molar-refractivity contribution in [1.29, 1.82) is 0 Å². The van der Waals surface area contributed by atoms with Crippen molar-refractivity contribution in [3.63, 3.8) is 0 Å². The first-order valence-electron chi connectivity index (χ1n) is 5.53. The number of nitrogens with zero attached hydrogens (tertiary/aromatic N) is 1. The first-order chi connectivity index (χ1) is 6.55. The summed E-state index contributed by atoms with van der Waals surface area (Å²) in [5.74, 6) is 0. The van der Waals surface area contributed by atoms with Crippen LogP contribution in [0.25, 0.3) is 0 Å². The van der Waals surface area contributed by atoms with Crippen LogP contribution in [0.1, 0.15) is 27.2 Å². The van der Waals surface area contributed by atoms with Gasteiger partial charge in [0.2, 0.25) is 0 Å². The quantitative estimate of drug-likeness (QED) is 0.688. The zero-order chi connectivity index (χ0) is 10.6. The molecule has 1 fully saturated rings. The molecule has 0 aromatic heterocycles. The molecule has 0 aromatic carbocycles. The summed E-state index contributed by atoms with van der Waals surface area (Å²) in [4.78, 5) is 2.55. The minimum absolute atomic E-state index is 0.263. The van der Waals surface area contributed by atoms with Gasteiger partial charge in [-0.2, -0.15) is 0 Å². The molecule has 0 aromatic rings. The number of rotatable bonds is 4. The third kappa shape index (κ3) is 3.56. The molecule has 1 unspecified atom stereocenters. The highest BCUT2D eigenvalue weighted by atomic mass is 16.5. The van der Waals surface area contributed by atoms with Crippen LogP contribution in [0, 0.1) is 0 Å². The van der Waals surface area contributed by atoms with Gasteiger partial charge in [0, 0.05) is 44.9 Å². The van der Waals surface area contributed by atoms with Crippen LogP contribution in [0.3, 0.4) is 0 Å². The molecule has 1 saturated heterocycles. The molecule has 14 heavy (non-hydrogen) atoms. The molecule has 1 rings (SSSR count). The Morgan fingerprint density at radius 3 is 2.86 bits per heavy atom. The van der Waals surface area contributed by atoms with Crippen LogP contribution in [0.4, 0.5) is 0 Å². The summed E-state index contributed by atoms with van der Waals surface area (Å²) in [7, 11) is 1.77. The normalized spacial score (nSPS) is 27.9. The monoisotopic (exact) mass is 200 g/mol. The third-order valence-corrected chi connectivity index (χ3v) is 2.89. The molecule has 1 N–H and O–H groups in total. The van der Waals surface area contributed by atoms with Gasteiger partial charge in [-0.25, -0.2) is 0 Å². The lowest BCUT2D eigenvalue weighted by molar-refractivity contribution is 0.0909. The topological polar surface area (TPSA) is 24.5 Å². The van der Waals surface area contributed by atoms with Crippen LogP contribution in [-0.2, 0) is 4.74 Å². The lowest BCUT2D eigenvalue weighted by Crippen LogP contribution is -2.60. The van der Waals surface area contributed by atoms with Gasteiger partial charge in [0.15, 0.2) is 0 Å². The summed E-state index contributed by atoms with van der Waals surface area (Å²) in [6.07, 6.45) is 1.14. The Morgan fingerprint density at radius 2 is 2.21 bits per heavy atom. The van der Waals surface area contributed by atoms with Gasteiger partial charge < -0.3 is 10.1 Å². The number of hydrogen-bond acceptors (Lipinski definition) is 3. The second-order valence-electron chi connectivity index (χ2n) is 4.93. The van der Waals surface area contributed by atoms with Gasteiger partial charge in [0.25, 0.3) is 0 Å². The second kappa shape index (κ2) is 5.10. The van der Waals surface area contributed by atoms with Gasteiger partial charge >= 0.3 is 0 Å². The van der Waals surface area contributed by atoms with Crippen molar-refractivity contribution in [3.8, 4) is 0 Å². The highest BCUT2D eigenvalue weighted by Crippen LogP contribution is 2.14. The van der Waals surface area contributed by atoms with Crippen molar-refractivity contribution >= 4 is 0 Å². The van der Waals surface area contributed by atoms with Crippen LogP contribution in [0.2, 0.25) is 0 Å². The Morgan fingerprint density at radius 1 is 1.50 bits per heavy atom. The molecule has 1 aliphatic rings. The summed E-state index contributed by atoms with van der Waals surface area (Å²) in [6, 6.07) is 0.653. The van der Waals surface area contributed by atoms with Crippen molar-refractivity contribution in [3.05, 3.63) is 0 Å². The SMILES string of the molecule is COCCCN1CC(C)(C)NCC1C. The van der Waals surface area contributed by atoms with E-state index in [1.54, 1.807) is 7.11 Å². The fourth-order valence-electron chi connectivity index (χ4n) is 1.98. The third-order valence-electron chi connectivity index (χ3n) is 2.89. The Bertz CT molecular complexity index is 171. The molecule has 1 atom stereocenters. The van der Waals surface area contributed by atoms with Gasteiger partial charge in [0.1, 0.15) is 0 Å². The van der Waals surface area contributed by atoms with E-state index in [9.17, 15) is 0 Å². The summed E-state index contributed by atoms with van der Waals surface area (Å²) in [5, 5.41) is 3.56. The Hall–Kier alpha value is -0.120. The number of ether oxygens (including phenoxy) is 1. The molecule has 3 heteroatoms. The lowest BCUT2D eigenvalue weighted by atomic mass is 9.99. The van der Waals surface area contributed by atoms with Crippen LogP contribution in [-0.4, -0.2) is 49.8 Å². The van der Waals surface area contributed by atoms with Crippen molar-refractivity contribution in [2.24, 2.45) is 0 Å². The molecule has 0 aliphatic carbocycles. The molecule has 0 radical (unpaired) electrons. The van der Waals surface area contributed by atoms with Crippen LogP contribution >= 0.6 is 0 Å². The van der Waals surface area contributed by atoms with E-state index in [0.29, 0.717) is 6.04 Å². The molecule has 84 valence electrons. The Labute approximate surface area is 87.8 Å². The summed E-state index contributed by atoms with van der Waals surface area (Å²) in [6.45, 7) is 11.1. The highest BCUT2D eigenvalue weighted by Gasteiger charge is 2.29. The van der Waals surface area contributed by atoms with Crippen molar-refractivity contribution in [2.75, 3.05) is 33.4 Å². The molecule has 1 heterocycles. The molecule has 0 spiro atoms. The molecule has 3 nitrogen and oxygen atoms in total. The molecule has 0 saturated carbocycles. The molecule has 0 bridgehead atoms. The number of methoxy groups -OCH3 is 1. The van der Waals surface area contributed by atoms with Crippen molar-refractivity contribution in [1.82, 2.24) is 10.2 Å². The van der Waals surface area contributed by atoms with Gasteiger partial charge in [-0.3, -0.25) is 4.90 Å². The second-order valence-corrected chi connectivity index (χ2v) is 4.93. The van der Waals surface area contributed by atoms with E-state index in [1.165, 1.54) is 0 Å². The highest BCUT2D eigenvalue weighted by molar-refractivity contribution is 4.90. The van der Waals surface area contributed by atoms with E-state index < -0.39 is 0 Å². The minimum Gasteiger partial charge on any atom is -0.385 e. The number of nitrogens with one attached hydrogen (secondary N) is 1. The standard InChI is InChI=1S/C11H24N2O/c1-10-8-12-11(2,3)9-13(10)6-5-7-14-4/h10,12H,5-9H2,1-4H3.